The maximum atomic E-state index is 5.20. The number of anilines is 3. The van der Waals surface area contributed by atoms with Gasteiger partial charge in [0.05, 0.1) is 17.1 Å². The maximum absolute atomic E-state index is 5.20. The molecule has 2 heterocycles. The smallest absolute Gasteiger partial charge is 0.138 e. The number of nitrogens with zero attached hydrogens (tertiary/aromatic N) is 3. The molecule has 39 heavy (non-hydrogen) atoms. The Morgan fingerprint density at radius 3 is 1.64 bits per heavy atom. The molecule has 184 valence electrons. The van der Waals surface area contributed by atoms with Gasteiger partial charge in [-0.3, -0.25) is 9.88 Å². The van der Waals surface area contributed by atoms with Gasteiger partial charge in [-0.1, -0.05) is 109 Å². The number of benzene rings is 5. The molecule has 0 unspecified atom stereocenters. The lowest BCUT2D eigenvalue weighted by Crippen LogP contribution is -2.13. The van der Waals surface area contributed by atoms with Crippen LogP contribution >= 0.6 is 0 Å². The molecule has 0 saturated carbocycles. The average Bonchev–Trinajstić information content (AvgIpc) is 3.02. The molecule has 0 amide bonds. The summed E-state index contributed by atoms with van der Waals surface area (Å²) in [4.78, 5) is 12.3. The molecule has 0 spiro atoms. The molecule has 7 rings (SSSR count). The van der Waals surface area contributed by atoms with Crippen molar-refractivity contribution >= 4 is 38.7 Å². The van der Waals surface area contributed by atoms with Crippen molar-refractivity contribution in [3.8, 4) is 22.5 Å². The molecule has 0 aliphatic rings. The fraction of sp³-hybridized carbons (Fsp3) is 0. The number of hydrogen-bond acceptors (Lipinski definition) is 3. The quantitative estimate of drug-likeness (QED) is 0.221. The van der Waals surface area contributed by atoms with E-state index in [2.05, 4.69) is 138 Å². The van der Waals surface area contributed by atoms with Gasteiger partial charge in [-0.25, -0.2) is 4.98 Å². The maximum Gasteiger partial charge on any atom is 0.138 e. The van der Waals surface area contributed by atoms with E-state index >= 15 is 0 Å². The summed E-state index contributed by atoms with van der Waals surface area (Å²) in [6.07, 6.45) is 1.86. The fourth-order valence-corrected chi connectivity index (χ4v) is 5.40. The molecule has 3 heteroatoms. The topological polar surface area (TPSA) is 29.0 Å². The summed E-state index contributed by atoms with van der Waals surface area (Å²) in [6.45, 7) is 0. The van der Waals surface area contributed by atoms with Gasteiger partial charge in [0.15, 0.2) is 0 Å². The molecule has 3 nitrogen and oxygen atoms in total. The minimum Gasteiger partial charge on any atom is -0.294 e. The first-order valence-corrected chi connectivity index (χ1v) is 13.1. The van der Waals surface area contributed by atoms with E-state index in [9.17, 15) is 0 Å². The van der Waals surface area contributed by atoms with Crippen LogP contribution in [-0.2, 0) is 0 Å². The van der Waals surface area contributed by atoms with E-state index in [1.165, 1.54) is 0 Å². The van der Waals surface area contributed by atoms with Crippen molar-refractivity contribution in [2.24, 2.45) is 0 Å². The second-order valence-electron chi connectivity index (χ2n) is 9.45. The van der Waals surface area contributed by atoms with Gasteiger partial charge < -0.3 is 0 Å². The van der Waals surface area contributed by atoms with E-state index in [-0.39, 0.29) is 0 Å². The lowest BCUT2D eigenvalue weighted by molar-refractivity contribution is 1.19. The Bertz CT molecular complexity index is 1840. The molecule has 0 radical (unpaired) electrons. The van der Waals surface area contributed by atoms with E-state index in [4.69, 9.17) is 9.97 Å². The average molecular weight is 500 g/mol. The van der Waals surface area contributed by atoms with Crippen molar-refractivity contribution in [1.82, 2.24) is 9.97 Å². The molecule has 2 aromatic heterocycles. The zero-order valence-electron chi connectivity index (χ0n) is 21.3. The Labute approximate surface area is 227 Å². The van der Waals surface area contributed by atoms with Crippen molar-refractivity contribution in [2.45, 2.75) is 0 Å². The highest BCUT2D eigenvalue weighted by molar-refractivity contribution is 6.21. The van der Waals surface area contributed by atoms with Gasteiger partial charge in [0, 0.05) is 33.8 Å². The lowest BCUT2D eigenvalue weighted by Gasteiger charge is -2.28. The van der Waals surface area contributed by atoms with Gasteiger partial charge in [-0.15, -0.1) is 0 Å². The van der Waals surface area contributed by atoms with Crippen LogP contribution < -0.4 is 4.90 Å². The Morgan fingerprint density at radius 2 is 1.00 bits per heavy atom. The molecule has 0 aliphatic heterocycles. The predicted molar refractivity (Wildman–Crippen MR) is 163 cm³/mol. The van der Waals surface area contributed by atoms with Gasteiger partial charge in [-0.2, -0.15) is 0 Å². The Kier molecular flexibility index (Phi) is 5.80. The number of hydrogen-bond donors (Lipinski definition) is 0. The molecule has 7 aromatic rings. The molecule has 5 aromatic carbocycles. The molecular formula is C36H25N3. The van der Waals surface area contributed by atoms with Gasteiger partial charge in [0.1, 0.15) is 5.82 Å². The second-order valence-corrected chi connectivity index (χ2v) is 9.45. The molecule has 0 N–H and O–H groups in total. The molecular weight excluding hydrogens is 474 g/mol. The predicted octanol–water partition coefficient (Wildman–Crippen LogP) is 9.59. The van der Waals surface area contributed by atoms with Crippen LogP contribution in [0.25, 0.3) is 44.1 Å². The number of fused-ring (bicyclic) bond motifs is 2. The SMILES string of the molecule is c1ccc(-c2cccc(N(c3ccccc3)c3c4ccccc4c(-c4ccccn4)c4ccccc34)n2)cc1. The Balaban J connectivity index is 1.58. The lowest BCUT2D eigenvalue weighted by atomic mass is 9.92. The summed E-state index contributed by atoms with van der Waals surface area (Å²) in [5.74, 6) is 0.864. The highest BCUT2D eigenvalue weighted by atomic mass is 15.2. The third-order valence-electron chi connectivity index (χ3n) is 7.10. The van der Waals surface area contributed by atoms with Crippen LogP contribution in [0.1, 0.15) is 0 Å². The number of rotatable bonds is 5. The monoisotopic (exact) mass is 499 g/mol. The van der Waals surface area contributed by atoms with E-state index in [1.807, 2.05) is 18.3 Å². The van der Waals surface area contributed by atoms with Crippen LogP contribution in [0.3, 0.4) is 0 Å². The Hall–Kier alpha value is -5.28. The second kappa shape index (κ2) is 9.88. The van der Waals surface area contributed by atoms with Gasteiger partial charge >= 0.3 is 0 Å². The van der Waals surface area contributed by atoms with Gasteiger partial charge in [-0.05, 0) is 47.2 Å². The first kappa shape index (κ1) is 22.9. The van der Waals surface area contributed by atoms with E-state index in [0.29, 0.717) is 0 Å². The normalized spacial score (nSPS) is 11.1. The highest BCUT2D eigenvalue weighted by Crippen LogP contribution is 2.47. The zero-order valence-corrected chi connectivity index (χ0v) is 21.3. The zero-order chi connectivity index (χ0) is 26.0. The number of pyridine rings is 2. The fourth-order valence-electron chi connectivity index (χ4n) is 5.40. The van der Waals surface area contributed by atoms with Crippen LogP contribution in [0.15, 0.2) is 152 Å². The van der Waals surface area contributed by atoms with Crippen LogP contribution in [0.4, 0.5) is 17.2 Å². The summed E-state index contributed by atoms with van der Waals surface area (Å²) >= 11 is 0. The van der Waals surface area contributed by atoms with Crippen LogP contribution in [0.5, 0.6) is 0 Å². The van der Waals surface area contributed by atoms with Crippen LogP contribution in [0.2, 0.25) is 0 Å². The minimum absolute atomic E-state index is 0.864. The van der Waals surface area contributed by atoms with Crippen molar-refractivity contribution < 1.29 is 0 Å². The first-order chi connectivity index (χ1) is 19.4. The highest BCUT2D eigenvalue weighted by Gasteiger charge is 2.23. The van der Waals surface area contributed by atoms with Crippen molar-refractivity contribution in [1.29, 1.82) is 0 Å². The third kappa shape index (κ3) is 4.11. The Morgan fingerprint density at radius 1 is 0.436 bits per heavy atom. The van der Waals surface area contributed by atoms with Gasteiger partial charge in [0.25, 0.3) is 0 Å². The van der Waals surface area contributed by atoms with Gasteiger partial charge in [0.2, 0.25) is 0 Å². The molecule has 0 atom stereocenters. The number of aromatic nitrogens is 2. The van der Waals surface area contributed by atoms with Crippen molar-refractivity contribution in [2.75, 3.05) is 4.90 Å². The van der Waals surface area contributed by atoms with Crippen molar-refractivity contribution in [3.05, 3.63) is 152 Å². The van der Waals surface area contributed by atoms with E-state index in [1.54, 1.807) is 0 Å². The summed E-state index contributed by atoms with van der Waals surface area (Å²) in [7, 11) is 0. The standard InChI is InChI=1S/C36H25N3/c1-3-14-26(15-4-1)32-23-13-24-34(38-32)39(27-16-5-2-6-17-27)36-30-20-9-7-18-28(30)35(33-22-11-12-25-37-33)29-19-8-10-21-31(29)36/h1-25H. The summed E-state index contributed by atoms with van der Waals surface area (Å²) in [5.41, 5.74) is 6.29. The third-order valence-corrected chi connectivity index (χ3v) is 7.10. The molecule has 0 fully saturated rings. The van der Waals surface area contributed by atoms with E-state index < -0.39 is 0 Å². The summed E-state index contributed by atoms with van der Waals surface area (Å²) < 4.78 is 0. The molecule has 0 bridgehead atoms. The van der Waals surface area contributed by atoms with Crippen molar-refractivity contribution in [3.63, 3.8) is 0 Å². The molecule has 0 aliphatic carbocycles. The minimum atomic E-state index is 0.864. The first-order valence-electron chi connectivity index (χ1n) is 13.1. The molecule has 0 saturated heterocycles. The van der Waals surface area contributed by atoms with Crippen LogP contribution in [0, 0.1) is 0 Å². The van der Waals surface area contributed by atoms with E-state index in [0.717, 1.165) is 61.3 Å². The summed E-state index contributed by atoms with van der Waals surface area (Å²) in [5, 5.41) is 4.61. The largest absolute Gasteiger partial charge is 0.294 e. The summed E-state index contributed by atoms with van der Waals surface area (Å²) in [6, 6.07) is 50.5. The number of para-hydroxylation sites is 1. The van der Waals surface area contributed by atoms with Crippen LogP contribution in [-0.4, -0.2) is 9.97 Å².